The van der Waals surface area contributed by atoms with Crippen LogP contribution in [0.25, 0.3) is 0 Å². The maximum atomic E-state index is 12.2. The molecule has 0 spiro atoms. The third-order valence-corrected chi connectivity index (χ3v) is 4.38. The first-order valence-corrected chi connectivity index (χ1v) is 7.50. The summed E-state index contributed by atoms with van der Waals surface area (Å²) in [5.41, 5.74) is -0.0725. The van der Waals surface area contributed by atoms with Crippen LogP contribution in [0.1, 0.15) is 6.42 Å². The fourth-order valence-electron chi connectivity index (χ4n) is 3.20. The highest BCUT2D eigenvalue weighted by atomic mass is 35.5. The van der Waals surface area contributed by atoms with Crippen molar-refractivity contribution >= 4 is 24.0 Å². The van der Waals surface area contributed by atoms with Crippen molar-refractivity contribution in [3.8, 4) is 5.75 Å². The third-order valence-electron chi connectivity index (χ3n) is 4.38. The van der Waals surface area contributed by atoms with Gasteiger partial charge in [0.2, 0.25) is 5.91 Å². The summed E-state index contributed by atoms with van der Waals surface area (Å²) in [7, 11) is 0. The minimum absolute atomic E-state index is 0. The maximum Gasteiger partial charge on any atom is 0.310 e. The normalized spacial score (nSPS) is 22.3. The van der Waals surface area contributed by atoms with Crippen LogP contribution in [0.2, 0.25) is 0 Å². The second kappa shape index (κ2) is 7.61. The number of hydrogen-bond donors (Lipinski definition) is 1. The van der Waals surface area contributed by atoms with Crippen molar-refractivity contribution in [2.75, 3.05) is 32.8 Å². The summed E-state index contributed by atoms with van der Waals surface area (Å²) in [6, 6.07) is 6.21. The topological polar surface area (TPSA) is 84.7 Å². The van der Waals surface area contributed by atoms with Gasteiger partial charge in [-0.3, -0.25) is 14.9 Å². The number of rotatable bonds is 5. The van der Waals surface area contributed by atoms with E-state index in [-0.39, 0.29) is 42.8 Å². The number of nitro groups is 1. The minimum Gasteiger partial charge on any atom is -0.486 e. The number of ether oxygens (including phenoxy) is 1. The fourth-order valence-corrected chi connectivity index (χ4v) is 3.20. The van der Waals surface area contributed by atoms with Crippen LogP contribution in [0.4, 0.5) is 5.69 Å². The number of nitrogens with zero attached hydrogens (tertiary/aromatic N) is 2. The van der Waals surface area contributed by atoms with Crippen molar-refractivity contribution in [2.45, 2.75) is 6.42 Å². The molecule has 0 aromatic heterocycles. The van der Waals surface area contributed by atoms with Crippen LogP contribution in [0, 0.1) is 22.0 Å². The van der Waals surface area contributed by atoms with E-state index in [2.05, 4.69) is 5.32 Å². The first kappa shape index (κ1) is 17.5. The summed E-state index contributed by atoms with van der Waals surface area (Å²) in [4.78, 5) is 24.5. The average molecular weight is 342 g/mol. The van der Waals surface area contributed by atoms with Crippen molar-refractivity contribution in [3.63, 3.8) is 0 Å². The van der Waals surface area contributed by atoms with Gasteiger partial charge in [0, 0.05) is 32.2 Å². The number of benzene rings is 1. The van der Waals surface area contributed by atoms with Crippen molar-refractivity contribution in [1.29, 1.82) is 0 Å². The summed E-state index contributed by atoms with van der Waals surface area (Å²) < 4.78 is 5.42. The molecule has 2 aliphatic heterocycles. The number of likely N-dealkylation sites (tertiary alicyclic amines) is 1. The van der Waals surface area contributed by atoms with Crippen molar-refractivity contribution < 1.29 is 14.5 Å². The molecule has 0 radical (unpaired) electrons. The van der Waals surface area contributed by atoms with Crippen LogP contribution in [-0.2, 0) is 4.79 Å². The van der Waals surface area contributed by atoms with Gasteiger partial charge in [0.25, 0.3) is 0 Å². The summed E-state index contributed by atoms with van der Waals surface area (Å²) in [6.07, 6.45) is 0.249. The smallest absolute Gasteiger partial charge is 0.310 e. The van der Waals surface area contributed by atoms with Crippen molar-refractivity contribution in [1.82, 2.24) is 10.2 Å². The molecule has 0 saturated carbocycles. The Morgan fingerprint density at radius 2 is 1.96 bits per heavy atom. The molecular weight excluding hydrogens is 322 g/mol. The van der Waals surface area contributed by atoms with E-state index in [1.165, 1.54) is 6.07 Å². The molecule has 0 bridgehead atoms. The van der Waals surface area contributed by atoms with Crippen LogP contribution < -0.4 is 10.1 Å². The van der Waals surface area contributed by atoms with E-state index in [0.29, 0.717) is 11.8 Å². The van der Waals surface area contributed by atoms with Gasteiger partial charge in [0.15, 0.2) is 5.75 Å². The highest BCUT2D eigenvalue weighted by Gasteiger charge is 2.37. The largest absolute Gasteiger partial charge is 0.486 e. The maximum absolute atomic E-state index is 12.2. The summed E-state index contributed by atoms with van der Waals surface area (Å²) in [5, 5.41) is 14.2. The molecule has 2 heterocycles. The summed E-state index contributed by atoms with van der Waals surface area (Å²) >= 11 is 0. The predicted molar refractivity (Wildman–Crippen MR) is 86.9 cm³/mol. The molecule has 3 rings (SSSR count). The molecule has 23 heavy (non-hydrogen) atoms. The second-order valence-electron chi connectivity index (χ2n) is 5.80. The van der Waals surface area contributed by atoms with Crippen molar-refractivity contribution in [2.24, 2.45) is 11.8 Å². The Labute approximate surface area is 140 Å². The Kier molecular flexibility index (Phi) is 5.79. The molecular formula is C15H20ClN3O4. The van der Waals surface area contributed by atoms with Crippen LogP contribution in [-0.4, -0.2) is 48.5 Å². The number of fused-ring (bicyclic) bond motifs is 1. The highest BCUT2D eigenvalue weighted by molar-refractivity contribution is 5.85. The van der Waals surface area contributed by atoms with Gasteiger partial charge in [-0.1, -0.05) is 12.1 Å². The molecule has 8 heteroatoms. The van der Waals surface area contributed by atoms with E-state index in [9.17, 15) is 14.9 Å². The first-order valence-electron chi connectivity index (χ1n) is 7.50. The van der Waals surface area contributed by atoms with Gasteiger partial charge in [-0.25, -0.2) is 0 Å². The van der Waals surface area contributed by atoms with E-state index >= 15 is 0 Å². The monoisotopic (exact) mass is 341 g/mol. The van der Waals surface area contributed by atoms with Crippen LogP contribution in [0.5, 0.6) is 5.75 Å². The number of nitro benzene ring substituents is 1. The molecule has 1 aromatic carbocycles. The lowest BCUT2D eigenvalue weighted by atomic mass is 10.0. The molecule has 0 aliphatic carbocycles. The lowest BCUT2D eigenvalue weighted by Gasteiger charge is -2.17. The zero-order valence-electron chi connectivity index (χ0n) is 12.6. The zero-order chi connectivity index (χ0) is 15.5. The van der Waals surface area contributed by atoms with Gasteiger partial charge in [-0.05, 0) is 17.9 Å². The quantitative estimate of drug-likeness (QED) is 0.647. The minimum atomic E-state index is -0.480. The van der Waals surface area contributed by atoms with Gasteiger partial charge < -0.3 is 15.0 Å². The number of carbonyl (C=O) groups is 1. The van der Waals surface area contributed by atoms with Gasteiger partial charge in [0.1, 0.15) is 0 Å². The number of para-hydroxylation sites is 2. The summed E-state index contributed by atoms with van der Waals surface area (Å²) in [6.45, 7) is 3.75. The Bertz CT molecular complexity index is 572. The van der Waals surface area contributed by atoms with Gasteiger partial charge in [0.05, 0.1) is 18.0 Å². The van der Waals surface area contributed by atoms with Gasteiger partial charge in [-0.2, -0.15) is 0 Å². The molecule has 2 aliphatic rings. The molecule has 1 N–H and O–H groups in total. The molecule has 1 amide bonds. The third kappa shape index (κ3) is 3.92. The molecule has 2 atom stereocenters. The Morgan fingerprint density at radius 1 is 1.30 bits per heavy atom. The number of halogens is 1. The second-order valence-corrected chi connectivity index (χ2v) is 5.80. The molecule has 1 aromatic rings. The Hall–Kier alpha value is -1.86. The van der Waals surface area contributed by atoms with Crippen LogP contribution >= 0.6 is 12.4 Å². The van der Waals surface area contributed by atoms with Crippen LogP contribution in [0.15, 0.2) is 24.3 Å². The highest BCUT2D eigenvalue weighted by Crippen LogP contribution is 2.28. The number of carbonyl (C=O) groups excluding carboxylic acids is 1. The Morgan fingerprint density at radius 3 is 2.61 bits per heavy atom. The number of amides is 1. The zero-order valence-corrected chi connectivity index (χ0v) is 13.5. The van der Waals surface area contributed by atoms with Gasteiger partial charge >= 0.3 is 5.69 Å². The molecule has 2 saturated heterocycles. The first-order chi connectivity index (χ1) is 10.6. The van der Waals surface area contributed by atoms with E-state index < -0.39 is 4.92 Å². The lowest BCUT2D eigenvalue weighted by molar-refractivity contribution is -0.385. The molecule has 0 unspecified atom stereocenters. The fraction of sp³-hybridized carbons (Fsp3) is 0.533. The van der Waals surface area contributed by atoms with E-state index in [1.807, 2.05) is 4.90 Å². The van der Waals surface area contributed by atoms with E-state index in [4.69, 9.17) is 4.74 Å². The molecule has 126 valence electrons. The van der Waals surface area contributed by atoms with Crippen molar-refractivity contribution in [3.05, 3.63) is 34.4 Å². The van der Waals surface area contributed by atoms with Crippen LogP contribution in [0.3, 0.4) is 0 Å². The number of nitrogens with one attached hydrogen (secondary N) is 1. The SMILES string of the molecule is Cl.O=C(CCOc1ccccc1[N+](=O)[O-])N1C[C@H]2CNC[C@H]2C1. The Balaban J connectivity index is 0.00000192. The molecule has 2 fully saturated rings. The number of hydrogen-bond acceptors (Lipinski definition) is 5. The molecule has 7 nitrogen and oxygen atoms in total. The van der Waals surface area contributed by atoms with E-state index in [1.54, 1.807) is 18.2 Å². The lowest BCUT2D eigenvalue weighted by Crippen LogP contribution is -2.32. The predicted octanol–water partition coefficient (Wildman–Crippen LogP) is 1.46. The standard InChI is InChI=1S/C15H19N3O4.ClH/c19-15(17-9-11-7-16-8-12(11)10-17)5-6-22-14-4-2-1-3-13(14)18(20)21;/h1-4,11-12,16H,5-10H2;1H/t11-,12+;. The average Bonchev–Trinajstić information content (AvgIpc) is 3.08. The van der Waals surface area contributed by atoms with Gasteiger partial charge in [-0.15, -0.1) is 12.4 Å². The van der Waals surface area contributed by atoms with E-state index in [0.717, 1.165) is 26.2 Å². The summed E-state index contributed by atoms with van der Waals surface area (Å²) in [5.74, 6) is 1.41.